The second-order valence-electron chi connectivity index (χ2n) is 5.30. The van der Waals surface area contributed by atoms with Crippen molar-refractivity contribution < 1.29 is 5.11 Å². The highest BCUT2D eigenvalue weighted by atomic mass is 35.5. The first kappa shape index (κ1) is 13.9. The molecule has 0 spiro atoms. The van der Waals surface area contributed by atoms with Crippen LogP contribution in [0.1, 0.15) is 37.7 Å². The maximum absolute atomic E-state index is 9.95. The Morgan fingerprint density at radius 1 is 1.22 bits per heavy atom. The van der Waals surface area contributed by atoms with E-state index in [4.69, 9.17) is 11.6 Å². The smallest absolute Gasteiger partial charge is 0.0667 e. The van der Waals surface area contributed by atoms with Crippen LogP contribution in [0, 0.1) is 5.92 Å². The van der Waals surface area contributed by atoms with E-state index >= 15 is 0 Å². The zero-order valence-electron chi connectivity index (χ0n) is 10.7. The van der Waals surface area contributed by atoms with E-state index in [1.54, 1.807) is 0 Å². The Morgan fingerprint density at radius 2 is 1.89 bits per heavy atom. The Balaban J connectivity index is 1.63. The highest BCUT2D eigenvalue weighted by Gasteiger charge is 2.18. The number of nitrogens with one attached hydrogen (secondary N) is 1. The molecule has 2 rings (SSSR count). The minimum Gasteiger partial charge on any atom is -0.392 e. The van der Waals surface area contributed by atoms with E-state index in [-0.39, 0.29) is 6.10 Å². The summed E-state index contributed by atoms with van der Waals surface area (Å²) in [7, 11) is 0. The Kier molecular flexibility index (Phi) is 5.48. The van der Waals surface area contributed by atoms with Crippen molar-refractivity contribution in [1.29, 1.82) is 0 Å². The van der Waals surface area contributed by atoms with Gasteiger partial charge < -0.3 is 10.4 Å². The molecule has 3 heteroatoms. The van der Waals surface area contributed by atoms with Crippen molar-refractivity contribution in [2.45, 2.75) is 44.8 Å². The normalized spacial score (nSPS) is 18.1. The molecule has 100 valence electrons. The predicted octanol–water partition coefficient (Wildman–Crippen LogP) is 3.37. The fourth-order valence-electron chi connectivity index (χ4n) is 2.70. The number of halogens is 1. The molecular weight excluding hydrogens is 246 g/mol. The van der Waals surface area contributed by atoms with Gasteiger partial charge >= 0.3 is 0 Å². The lowest BCUT2D eigenvalue weighted by atomic mass is 10.00. The SMILES string of the molecule is OC(CNCc1ccc(Cl)cc1)CC1CCCC1. The van der Waals surface area contributed by atoms with Crippen molar-refractivity contribution in [1.82, 2.24) is 5.32 Å². The molecule has 0 aromatic heterocycles. The molecule has 1 atom stereocenters. The lowest BCUT2D eigenvalue weighted by Crippen LogP contribution is -2.27. The van der Waals surface area contributed by atoms with Crippen LogP contribution in [-0.2, 0) is 6.54 Å². The molecule has 0 saturated heterocycles. The molecule has 1 unspecified atom stereocenters. The van der Waals surface area contributed by atoms with Crippen molar-refractivity contribution >= 4 is 11.6 Å². The lowest BCUT2D eigenvalue weighted by molar-refractivity contribution is 0.140. The van der Waals surface area contributed by atoms with Crippen LogP contribution in [0.3, 0.4) is 0 Å². The van der Waals surface area contributed by atoms with Gasteiger partial charge in [-0.3, -0.25) is 0 Å². The Hall–Kier alpha value is -0.570. The van der Waals surface area contributed by atoms with E-state index in [1.807, 2.05) is 24.3 Å². The van der Waals surface area contributed by atoms with E-state index in [9.17, 15) is 5.11 Å². The van der Waals surface area contributed by atoms with E-state index in [0.717, 1.165) is 23.9 Å². The zero-order chi connectivity index (χ0) is 12.8. The zero-order valence-corrected chi connectivity index (χ0v) is 11.5. The van der Waals surface area contributed by atoms with E-state index < -0.39 is 0 Å². The molecule has 0 amide bonds. The van der Waals surface area contributed by atoms with Gasteiger partial charge in [0.25, 0.3) is 0 Å². The van der Waals surface area contributed by atoms with Gasteiger partial charge in [0, 0.05) is 18.1 Å². The van der Waals surface area contributed by atoms with Crippen LogP contribution < -0.4 is 5.32 Å². The van der Waals surface area contributed by atoms with E-state index in [0.29, 0.717) is 6.54 Å². The highest BCUT2D eigenvalue weighted by molar-refractivity contribution is 6.30. The van der Waals surface area contributed by atoms with Gasteiger partial charge in [0.2, 0.25) is 0 Å². The summed E-state index contributed by atoms with van der Waals surface area (Å²) in [6.07, 6.45) is 6.03. The van der Waals surface area contributed by atoms with Gasteiger partial charge in [-0.2, -0.15) is 0 Å². The quantitative estimate of drug-likeness (QED) is 0.828. The molecule has 1 aliphatic carbocycles. The van der Waals surface area contributed by atoms with Crippen molar-refractivity contribution in [3.63, 3.8) is 0 Å². The maximum Gasteiger partial charge on any atom is 0.0667 e. The molecular formula is C15H22ClNO. The van der Waals surface area contributed by atoms with Crippen LogP contribution >= 0.6 is 11.6 Å². The average molecular weight is 268 g/mol. The lowest BCUT2D eigenvalue weighted by Gasteiger charge is -2.16. The fraction of sp³-hybridized carbons (Fsp3) is 0.600. The van der Waals surface area contributed by atoms with Gasteiger partial charge in [0.15, 0.2) is 0 Å². The topological polar surface area (TPSA) is 32.3 Å². The monoisotopic (exact) mass is 267 g/mol. The van der Waals surface area contributed by atoms with Gasteiger partial charge in [0.1, 0.15) is 0 Å². The minimum absolute atomic E-state index is 0.208. The molecule has 1 aromatic carbocycles. The Morgan fingerprint density at radius 3 is 2.56 bits per heavy atom. The summed E-state index contributed by atoms with van der Waals surface area (Å²) in [6.45, 7) is 1.47. The average Bonchev–Trinajstić information content (AvgIpc) is 2.84. The standard InChI is InChI=1S/C15H22ClNO/c16-14-7-5-13(6-8-14)10-17-11-15(18)9-12-3-1-2-4-12/h5-8,12,15,17-18H,1-4,9-11H2. The van der Waals surface area contributed by atoms with Crippen molar-refractivity contribution in [2.75, 3.05) is 6.54 Å². The van der Waals surface area contributed by atoms with Crippen molar-refractivity contribution in [3.05, 3.63) is 34.9 Å². The number of aliphatic hydroxyl groups is 1. The summed E-state index contributed by atoms with van der Waals surface area (Å²) < 4.78 is 0. The molecule has 1 saturated carbocycles. The summed E-state index contributed by atoms with van der Waals surface area (Å²) in [6, 6.07) is 7.82. The molecule has 2 N–H and O–H groups in total. The predicted molar refractivity (Wildman–Crippen MR) is 75.7 cm³/mol. The second-order valence-corrected chi connectivity index (χ2v) is 5.73. The van der Waals surface area contributed by atoms with Gasteiger partial charge in [0.05, 0.1) is 6.10 Å². The second kappa shape index (κ2) is 7.13. The van der Waals surface area contributed by atoms with E-state index in [1.165, 1.54) is 31.2 Å². The van der Waals surface area contributed by atoms with Gasteiger partial charge in [-0.25, -0.2) is 0 Å². The number of rotatable bonds is 6. The van der Waals surface area contributed by atoms with Gasteiger partial charge in [-0.15, -0.1) is 0 Å². The number of hydrogen-bond acceptors (Lipinski definition) is 2. The first-order chi connectivity index (χ1) is 8.74. The third kappa shape index (κ3) is 4.60. The molecule has 1 aliphatic rings. The molecule has 1 aromatic rings. The fourth-order valence-corrected chi connectivity index (χ4v) is 2.83. The molecule has 18 heavy (non-hydrogen) atoms. The minimum atomic E-state index is -0.208. The largest absolute Gasteiger partial charge is 0.392 e. The summed E-state index contributed by atoms with van der Waals surface area (Å²) in [4.78, 5) is 0. The van der Waals surface area contributed by atoms with Crippen LogP contribution in [0.2, 0.25) is 5.02 Å². The molecule has 0 bridgehead atoms. The van der Waals surface area contributed by atoms with Gasteiger partial charge in [-0.05, 0) is 30.0 Å². The van der Waals surface area contributed by atoms with Gasteiger partial charge in [-0.1, -0.05) is 49.4 Å². The number of aliphatic hydroxyl groups excluding tert-OH is 1. The maximum atomic E-state index is 9.95. The van der Waals surface area contributed by atoms with Crippen molar-refractivity contribution in [3.8, 4) is 0 Å². The third-order valence-electron chi connectivity index (χ3n) is 3.70. The molecule has 0 aliphatic heterocycles. The molecule has 0 heterocycles. The van der Waals surface area contributed by atoms with Crippen LogP contribution in [-0.4, -0.2) is 17.8 Å². The highest BCUT2D eigenvalue weighted by Crippen LogP contribution is 2.28. The molecule has 0 radical (unpaired) electrons. The van der Waals surface area contributed by atoms with Crippen LogP contribution in [0.25, 0.3) is 0 Å². The summed E-state index contributed by atoms with van der Waals surface area (Å²) in [5.41, 5.74) is 1.20. The number of hydrogen-bond donors (Lipinski definition) is 2. The molecule has 2 nitrogen and oxygen atoms in total. The Bertz CT molecular complexity index is 346. The first-order valence-electron chi connectivity index (χ1n) is 6.87. The Labute approximate surface area is 114 Å². The van der Waals surface area contributed by atoms with Crippen molar-refractivity contribution in [2.24, 2.45) is 5.92 Å². The van der Waals surface area contributed by atoms with E-state index in [2.05, 4.69) is 5.32 Å². The summed E-state index contributed by atoms with van der Waals surface area (Å²) in [5.74, 6) is 0.748. The summed E-state index contributed by atoms with van der Waals surface area (Å²) in [5, 5.41) is 14.0. The summed E-state index contributed by atoms with van der Waals surface area (Å²) >= 11 is 5.83. The van der Waals surface area contributed by atoms with Crippen LogP contribution in [0.4, 0.5) is 0 Å². The molecule has 1 fully saturated rings. The third-order valence-corrected chi connectivity index (χ3v) is 3.95. The van der Waals surface area contributed by atoms with Crippen LogP contribution in [0.15, 0.2) is 24.3 Å². The van der Waals surface area contributed by atoms with Crippen LogP contribution in [0.5, 0.6) is 0 Å². The first-order valence-corrected chi connectivity index (χ1v) is 7.25. The number of benzene rings is 1.